The largest absolute Gasteiger partial charge is 0.380 e. The third kappa shape index (κ3) is 4.17. The number of hydrazine groups is 1. The van der Waals surface area contributed by atoms with Crippen molar-refractivity contribution in [1.29, 1.82) is 0 Å². The molecule has 1 heterocycles. The van der Waals surface area contributed by atoms with Crippen LogP contribution in [0, 0.1) is 13.8 Å². The van der Waals surface area contributed by atoms with Crippen molar-refractivity contribution >= 4 is 11.3 Å². The number of aryl methyl sites for hydroxylation is 2. The van der Waals surface area contributed by atoms with E-state index in [2.05, 4.69) is 24.3 Å². The first kappa shape index (κ1) is 13.6. The summed E-state index contributed by atoms with van der Waals surface area (Å²) in [6, 6.07) is 0.150. The minimum absolute atomic E-state index is 0.150. The second-order valence-corrected chi connectivity index (χ2v) is 5.18. The molecule has 0 saturated heterocycles. The molecule has 5 heteroatoms. The predicted octanol–water partition coefficient (Wildman–Crippen LogP) is 1.56. The second kappa shape index (κ2) is 6.96. The highest BCUT2D eigenvalue weighted by Gasteiger charge is 2.11. The van der Waals surface area contributed by atoms with Gasteiger partial charge in [-0.15, -0.1) is 11.3 Å². The van der Waals surface area contributed by atoms with Crippen LogP contribution >= 0.6 is 11.3 Å². The van der Waals surface area contributed by atoms with E-state index < -0.39 is 0 Å². The number of hydrogen-bond acceptors (Lipinski definition) is 5. The van der Waals surface area contributed by atoms with E-state index in [-0.39, 0.29) is 6.04 Å². The Balaban J connectivity index is 2.43. The van der Waals surface area contributed by atoms with Crippen molar-refractivity contribution < 1.29 is 4.74 Å². The molecule has 0 aromatic carbocycles. The van der Waals surface area contributed by atoms with Crippen LogP contribution in [0.25, 0.3) is 0 Å². The SMILES string of the molecule is CCCOCC(Cc1nc(C)c(C)s1)NN. The summed E-state index contributed by atoms with van der Waals surface area (Å²) in [5.41, 5.74) is 3.90. The number of aromatic nitrogens is 1. The van der Waals surface area contributed by atoms with Gasteiger partial charge in [-0.3, -0.25) is 11.3 Å². The number of hydrogen-bond donors (Lipinski definition) is 2. The molecule has 1 atom stereocenters. The van der Waals surface area contributed by atoms with Gasteiger partial charge in [0.25, 0.3) is 0 Å². The molecule has 0 bridgehead atoms. The van der Waals surface area contributed by atoms with E-state index in [0.29, 0.717) is 6.61 Å². The summed E-state index contributed by atoms with van der Waals surface area (Å²) in [5, 5.41) is 1.12. The smallest absolute Gasteiger partial charge is 0.0947 e. The van der Waals surface area contributed by atoms with E-state index >= 15 is 0 Å². The predicted molar refractivity (Wildman–Crippen MR) is 67.5 cm³/mol. The maximum Gasteiger partial charge on any atom is 0.0947 e. The van der Waals surface area contributed by atoms with Gasteiger partial charge >= 0.3 is 0 Å². The lowest BCUT2D eigenvalue weighted by Gasteiger charge is -2.14. The fourth-order valence-corrected chi connectivity index (χ4v) is 2.39. The molecule has 0 spiro atoms. The molecule has 1 aromatic heterocycles. The molecule has 0 aliphatic carbocycles. The minimum atomic E-state index is 0.150. The van der Waals surface area contributed by atoms with Crippen molar-refractivity contribution in [3.05, 3.63) is 15.6 Å². The van der Waals surface area contributed by atoms with E-state index in [1.165, 1.54) is 4.88 Å². The van der Waals surface area contributed by atoms with Crippen LogP contribution in [0.15, 0.2) is 0 Å². The van der Waals surface area contributed by atoms with E-state index in [4.69, 9.17) is 10.6 Å². The van der Waals surface area contributed by atoms with Crippen molar-refractivity contribution in [3.8, 4) is 0 Å². The third-order valence-corrected chi connectivity index (χ3v) is 3.49. The van der Waals surface area contributed by atoms with Crippen LogP contribution in [0.4, 0.5) is 0 Å². The van der Waals surface area contributed by atoms with Gasteiger partial charge in [0.2, 0.25) is 0 Å². The number of nitrogens with zero attached hydrogens (tertiary/aromatic N) is 1. The molecule has 16 heavy (non-hydrogen) atoms. The van der Waals surface area contributed by atoms with Crippen LogP contribution in [-0.2, 0) is 11.2 Å². The first-order chi connectivity index (χ1) is 7.67. The van der Waals surface area contributed by atoms with Crippen LogP contribution in [0.3, 0.4) is 0 Å². The van der Waals surface area contributed by atoms with Gasteiger partial charge in [0, 0.05) is 17.9 Å². The summed E-state index contributed by atoms with van der Waals surface area (Å²) in [6.45, 7) is 7.65. The molecule has 4 nitrogen and oxygen atoms in total. The van der Waals surface area contributed by atoms with Gasteiger partial charge in [-0.1, -0.05) is 6.92 Å². The average molecular weight is 243 g/mol. The van der Waals surface area contributed by atoms with Crippen molar-refractivity contribution in [3.63, 3.8) is 0 Å². The van der Waals surface area contributed by atoms with Crippen LogP contribution in [0.2, 0.25) is 0 Å². The Morgan fingerprint density at radius 1 is 1.50 bits per heavy atom. The molecule has 0 radical (unpaired) electrons. The Hall–Kier alpha value is -0.490. The van der Waals surface area contributed by atoms with E-state index in [9.17, 15) is 0 Å². The zero-order valence-electron chi connectivity index (χ0n) is 10.2. The van der Waals surface area contributed by atoms with Crippen molar-refractivity contribution in [1.82, 2.24) is 10.4 Å². The molecule has 1 aromatic rings. The minimum Gasteiger partial charge on any atom is -0.380 e. The Morgan fingerprint density at radius 2 is 2.25 bits per heavy atom. The maximum atomic E-state index is 5.49. The lowest BCUT2D eigenvalue weighted by Crippen LogP contribution is -2.40. The molecule has 0 saturated carbocycles. The van der Waals surface area contributed by atoms with Crippen molar-refractivity contribution in [2.75, 3.05) is 13.2 Å². The second-order valence-electron chi connectivity index (χ2n) is 3.89. The Morgan fingerprint density at radius 3 is 2.75 bits per heavy atom. The highest BCUT2D eigenvalue weighted by molar-refractivity contribution is 7.11. The summed E-state index contributed by atoms with van der Waals surface area (Å²) >= 11 is 1.74. The lowest BCUT2D eigenvalue weighted by atomic mass is 10.2. The summed E-state index contributed by atoms with van der Waals surface area (Å²) < 4.78 is 5.48. The van der Waals surface area contributed by atoms with Gasteiger partial charge in [0.05, 0.1) is 23.4 Å². The Kier molecular flexibility index (Phi) is 5.90. The van der Waals surface area contributed by atoms with Gasteiger partial charge in [-0.2, -0.15) is 0 Å². The molecule has 92 valence electrons. The summed E-state index contributed by atoms with van der Waals surface area (Å²) in [6.07, 6.45) is 1.87. The fourth-order valence-electron chi connectivity index (χ4n) is 1.37. The van der Waals surface area contributed by atoms with Gasteiger partial charge in [-0.05, 0) is 20.3 Å². The average Bonchev–Trinajstić information content (AvgIpc) is 2.57. The fraction of sp³-hybridized carbons (Fsp3) is 0.727. The lowest BCUT2D eigenvalue weighted by molar-refractivity contribution is 0.112. The molecular weight excluding hydrogens is 222 g/mol. The third-order valence-electron chi connectivity index (χ3n) is 2.40. The first-order valence-electron chi connectivity index (χ1n) is 5.64. The molecule has 0 fully saturated rings. The molecule has 3 N–H and O–H groups in total. The van der Waals surface area contributed by atoms with Crippen molar-refractivity contribution in [2.24, 2.45) is 5.84 Å². The molecular formula is C11H21N3OS. The van der Waals surface area contributed by atoms with Gasteiger partial charge in [-0.25, -0.2) is 4.98 Å². The number of ether oxygens (including phenoxy) is 1. The van der Waals surface area contributed by atoms with E-state index in [1.54, 1.807) is 11.3 Å². The molecule has 0 amide bonds. The number of nitrogens with one attached hydrogen (secondary N) is 1. The topological polar surface area (TPSA) is 60.2 Å². The Labute approximate surface area is 101 Å². The summed E-state index contributed by atoms with van der Waals surface area (Å²) in [7, 11) is 0. The van der Waals surface area contributed by atoms with Crippen LogP contribution in [-0.4, -0.2) is 24.2 Å². The van der Waals surface area contributed by atoms with Crippen LogP contribution in [0.1, 0.15) is 28.9 Å². The number of thiazole rings is 1. The standard InChI is InChI=1S/C11H21N3OS/c1-4-5-15-7-10(14-12)6-11-13-8(2)9(3)16-11/h10,14H,4-7,12H2,1-3H3. The molecule has 0 aliphatic rings. The van der Waals surface area contributed by atoms with E-state index in [0.717, 1.165) is 30.2 Å². The summed E-state index contributed by atoms with van der Waals surface area (Å²) in [4.78, 5) is 5.77. The van der Waals surface area contributed by atoms with Gasteiger partial charge < -0.3 is 4.74 Å². The van der Waals surface area contributed by atoms with Crippen LogP contribution < -0.4 is 11.3 Å². The van der Waals surface area contributed by atoms with Crippen LogP contribution in [0.5, 0.6) is 0 Å². The monoisotopic (exact) mass is 243 g/mol. The molecule has 0 aliphatic heterocycles. The van der Waals surface area contributed by atoms with E-state index in [1.807, 2.05) is 6.92 Å². The Bertz CT molecular complexity index is 295. The number of rotatable bonds is 7. The normalized spacial score (nSPS) is 13.0. The summed E-state index contributed by atoms with van der Waals surface area (Å²) in [5.74, 6) is 5.49. The zero-order valence-corrected chi connectivity index (χ0v) is 11.1. The van der Waals surface area contributed by atoms with Crippen molar-refractivity contribution in [2.45, 2.75) is 39.7 Å². The highest BCUT2D eigenvalue weighted by Crippen LogP contribution is 2.17. The first-order valence-corrected chi connectivity index (χ1v) is 6.45. The van der Waals surface area contributed by atoms with Gasteiger partial charge in [0.1, 0.15) is 0 Å². The van der Waals surface area contributed by atoms with Gasteiger partial charge in [0.15, 0.2) is 0 Å². The maximum absolute atomic E-state index is 5.49. The number of nitrogens with two attached hydrogens (primary N) is 1. The molecule has 1 unspecified atom stereocenters. The molecule has 1 rings (SSSR count). The quantitative estimate of drug-likeness (QED) is 0.433. The highest BCUT2D eigenvalue weighted by atomic mass is 32.1. The zero-order chi connectivity index (χ0) is 12.0.